The van der Waals surface area contributed by atoms with Crippen molar-refractivity contribution in [3.63, 3.8) is 0 Å². The number of rotatable bonds is 8. The van der Waals surface area contributed by atoms with Crippen LogP contribution in [-0.4, -0.2) is 55.8 Å². The molecule has 8 nitrogen and oxygen atoms in total. The predicted molar refractivity (Wildman–Crippen MR) is 116 cm³/mol. The van der Waals surface area contributed by atoms with Crippen LogP contribution in [0.15, 0.2) is 23.4 Å². The molecule has 0 radical (unpaired) electrons. The normalized spacial score (nSPS) is 25.9. The van der Waals surface area contributed by atoms with Gasteiger partial charge in [-0.05, 0) is 18.1 Å². The third-order valence-corrected chi connectivity index (χ3v) is 11.9. The van der Waals surface area contributed by atoms with Gasteiger partial charge < -0.3 is 19.2 Å². The van der Waals surface area contributed by atoms with Crippen LogP contribution in [0.25, 0.3) is 0 Å². The van der Waals surface area contributed by atoms with Crippen molar-refractivity contribution in [3.8, 4) is 0 Å². The summed E-state index contributed by atoms with van der Waals surface area (Å²) in [5, 5.41) is 2.70. The van der Waals surface area contributed by atoms with Gasteiger partial charge in [-0.25, -0.2) is 4.79 Å². The van der Waals surface area contributed by atoms with Gasteiger partial charge in [-0.1, -0.05) is 45.2 Å². The maximum Gasteiger partial charge on any atom is 0.515 e. The Morgan fingerprint density at radius 3 is 2.60 bits per heavy atom. The van der Waals surface area contributed by atoms with Crippen LogP contribution in [0.5, 0.6) is 0 Å². The standard InChI is InChI=1S/C20H30N2O6SSi/c1-7-8-26-19(25)28-17-14(9-12-10-15(23)21-12)29-18-13(16(24)22(17)18)11-27-30(5,6)20(2,3)4/h7,12-13,18H,1,8-11H2,2-6H3,(H,21,23)/t12-,13-,18+/m0/s1. The van der Waals surface area contributed by atoms with Crippen molar-refractivity contribution >= 4 is 38.0 Å². The lowest BCUT2D eigenvalue weighted by atomic mass is 9.99. The minimum absolute atomic E-state index is 0.00328. The van der Waals surface area contributed by atoms with Crippen molar-refractivity contribution < 1.29 is 28.3 Å². The number of nitrogens with zero attached hydrogens (tertiary/aromatic N) is 1. The number of carbonyl (C=O) groups excluding carboxylic acids is 3. The van der Waals surface area contributed by atoms with Gasteiger partial charge in [0, 0.05) is 25.5 Å². The summed E-state index contributed by atoms with van der Waals surface area (Å²) in [5.74, 6) is -0.198. The lowest BCUT2D eigenvalue weighted by Crippen LogP contribution is -2.59. The van der Waals surface area contributed by atoms with Crippen LogP contribution in [0.1, 0.15) is 33.6 Å². The number of β-lactam (4-membered cyclic amide) rings is 2. The Balaban J connectivity index is 1.69. The summed E-state index contributed by atoms with van der Waals surface area (Å²) >= 11 is 1.50. The zero-order chi connectivity index (χ0) is 22.3. The molecule has 30 heavy (non-hydrogen) atoms. The van der Waals surface area contributed by atoms with Gasteiger partial charge in [0.05, 0.1) is 10.8 Å². The summed E-state index contributed by atoms with van der Waals surface area (Å²) in [6.45, 7) is 14.7. The van der Waals surface area contributed by atoms with E-state index >= 15 is 0 Å². The first-order chi connectivity index (χ1) is 13.9. The van der Waals surface area contributed by atoms with Crippen LogP contribution in [-0.2, 0) is 23.5 Å². The molecule has 2 amide bonds. The molecular formula is C20H30N2O6SSi. The Kier molecular flexibility index (Phi) is 6.40. The van der Waals surface area contributed by atoms with Gasteiger partial charge in [0.25, 0.3) is 0 Å². The average Bonchev–Trinajstić information content (AvgIpc) is 2.91. The van der Waals surface area contributed by atoms with E-state index in [0.717, 1.165) is 4.91 Å². The van der Waals surface area contributed by atoms with Crippen LogP contribution in [0, 0.1) is 5.92 Å². The quantitative estimate of drug-likeness (QED) is 0.260. The third kappa shape index (κ3) is 4.45. The molecule has 10 heteroatoms. The monoisotopic (exact) mass is 454 g/mol. The minimum Gasteiger partial charge on any atom is -0.430 e. The van der Waals surface area contributed by atoms with Gasteiger partial charge >= 0.3 is 6.16 Å². The highest BCUT2D eigenvalue weighted by molar-refractivity contribution is 8.04. The number of nitrogens with one attached hydrogen (secondary N) is 1. The Labute approximate surface area is 182 Å². The van der Waals surface area contributed by atoms with Crippen LogP contribution in [0.4, 0.5) is 4.79 Å². The Bertz CT molecular complexity index is 783. The van der Waals surface area contributed by atoms with E-state index in [4.69, 9.17) is 13.9 Å². The van der Waals surface area contributed by atoms with Crippen molar-refractivity contribution in [1.82, 2.24) is 10.2 Å². The molecule has 2 fully saturated rings. The molecule has 3 aliphatic heterocycles. The molecule has 3 aliphatic rings. The Morgan fingerprint density at radius 1 is 1.37 bits per heavy atom. The first-order valence-electron chi connectivity index (χ1n) is 10.1. The first kappa shape index (κ1) is 22.9. The maximum atomic E-state index is 12.9. The summed E-state index contributed by atoms with van der Waals surface area (Å²) in [6, 6.07) is -0.0153. The number of amides is 2. The number of thioether (sulfide) groups is 1. The summed E-state index contributed by atoms with van der Waals surface area (Å²) in [5.41, 5.74) is 0. The fraction of sp³-hybridized carbons (Fsp3) is 0.650. The molecular weight excluding hydrogens is 424 g/mol. The van der Waals surface area contributed by atoms with Crippen LogP contribution < -0.4 is 5.32 Å². The molecule has 166 valence electrons. The zero-order valence-electron chi connectivity index (χ0n) is 18.1. The molecule has 0 bridgehead atoms. The molecule has 1 N–H and O–H groups in total. The molecule has 3 rings (SSSR count). The van der Waals surface area contributed by atoms with Crippen LogP contribution >= 0.6 is 11.8 Å². The summed E-state index contributed by atoms with van der Waals surface area (Å²) in [4.78, 5) is 38.4. The molecule has 0 spiro atoms. The molecule has 0 aromatic heterocycles. The van der Waals surface area contributed by atoms with E-state index < -0.39 is 14.5 Å². The van der Waals surface area contributed by atoms with Crippen molar-refractivity contribution in [1.29, 1.82) is 0 Å². The topological polar surface area (TPSA) is 94.2 Å². The molecule has 0 unspecified atom stereocenters. The highest BCUT2D eigenvalue weighted by atomic mass is 32.2. The molecule has 0 aromatic rings. The number of hydrogen-bond donors (Lipinski definition) is 1. The molecule has 3 heterocycles. The van der Waals surface area contributed by atoms with E-state index in [-0.39, 0.29) is 46.7 Å². The van der Waals surface area contributed by atoms with E-state index in [0.29, 0.717) is 19.4 Å². The van der Waals surface area contributed by atoms with E-state index in [2.05, 4.69) is 45.8 Å². The number of fused-ring (bicyclic) bond motifs is 1. The van der Waals surface area contributed by atoms with Crippen molar-refractivity contribution in [2.45, 2.75) is 63.2 Å². The molecule has 0 aliphatic carbocycles. The minimum atomic E-state index is -1.99. The second kappa shape index (κ2) is 8.39. The SMILES string of the molecule is C=CCOC(=O)OC1=C(C[C@H]2CC(=O)N2)S[C@@H]2[C@@H](CO[Si](C)(C)C(C)(C)C)C(=O)N12. The highest BCUT2D eigenvalue weighted by Gasteiger charge is 2.57. The van der Waals surface area contributed by atoms with E-state index in [1.54, 1.807) is 0 Å². The Morgan fingerprint density at radius 2 is 2.03 bits per heavy atom. The van der Waals surface area contributed by atoms with E-state index in [1.165, 1.54) is 22.7 Å². The highest BCUT2D eigenvalue weighted by Crippen LogP contribution is 2.51. The molecule has 0 aromatic carbocycles. The number of ether oxygens (including phenoxy) is 2. The molecule has 0 saturated carbocycles. The third-order valence-electron chi connectivity index (χ3n) is 6.03. The fourth-order valence-electron chi connectivity index (χ4n) is 3.13. The first-order valence-corrected chi connectivity index (χ1v) is 13.8. The second-order valence-corrected chi connectivity index (χ2v) is 15.3. The van der Waals surface area contributed by atoms with Crippen molar-refractivity contribution in [2.24, 2.45) is 5.92 Å². The maximum absolute atomic E-state index is 12.9. The van der Waals surface area contributed by atoms with Gasteiger partial charge in [-0.15, -0.1) is 0 Å². The van der Waals surface area contributed by atoms with Gasteiger partial charge in [0.15, 0.2) is 8.32 Å². The van der Waals surface area contributed by atoms with Crippen molar-refractivity contribution in [3.05, 3.63) is 23.4 Å². The summed E-state index contributed by atoms with van der Waals surface area (Å²) < 4.78 is 16.6. The predicted octanol–water partition coefficient (Wildman–Crippen LogP) is 3.33. The average molecular weight is 455 g/mol. The fourth-order valence-corrected chi connectivity index (χ4v) is 5.65. The Hall–Kier alpha value is -1.78. The van der Waals surface area contributed by atoms with Gasteiger partial charge in [0.1, 0.15) is 12.0 Å². The van der Waals surface area contributed by atoms with Crippen LogP contribution in [0.2, 0.25) is 18.1 Å². The van der Waals surface area contributed by atoms with Gasteiger partial charge in [-0.3, -0.25) is 14.5 Å². The summed E-state index contributed by atoms with van der Waals surface area (Å²) in [6.07, 6.45) is 1.50. The van der Waals surface area contributed by atoms with E-state index in [9.17, 15) is 14.4 Å². The lowest BCUT2D eigenvalue weighted by molar-refractivity contribution is -0.151. The largest absolute Gasteiger partial charge is 0.515 e. The number of hydrogen-bond acceptors (Lipinski definition) is 7. The zero-order valence-corrected chi connectivity index (χ0v) is 20.0. The van der Waals surface area contributed by atoms with Gasteiger partial charge in [0.2, 0.25) is 17.7 Å². The lowest BCUT2D eigenvalue weighted by Gasteiger charge is -2.44. The smallest absolute Gasteiger partial charge is 0.430 e. The molecule has 3 atom stereocenters. The van der Waals surface area contributed by atoms with Crippen LogP contribution in [0.3, 0.4) is 0 Å². The van der Waals surface area contributed by atoms with E-state index in [1.807, 2.05) is 0 Å². The second-order valence-electron chi connectivity index (χ2n) is 9.25. The van der Waals surface area contributed by atoms with Gasteiger partial charge in [-0.2, -0.15) is 0 Å². The molecule has 2 saturated heterocycles. The number of carbonyl (C=O) groups is 3. The van der Waals surface area contributed by atoms with Crippen molar-refractivity contribution in [2.75, 3.05) is 13.2 Å². The summed E-state index contributed by atoms with van der Waals surface area (Å²) in [7, 11) is -1.99.